The van der Waals surface area contributed by atoms with Crippen molar-refractivity contribution >= 4 is 11.9 Å². The molecule has 31 heavy (non-hydrogen) atoms. The van der Waals surface area contributed by atoms with Gasteiger partial charge in [-0.15, -0.1) is 0 Å². The van der Waals surface area contributed by atoms with Gasteiger partial charge in [-0.1, -0.05) is 60.5 Å². The summed E-state index contributed by atoms with van der Waals surface area (Å²) in [6.07, 6.45) is -0.00346. The summed E-state index contributed by atoms with van der Waals surface area (Å²) >= 11 is 0. The van der Waals surface area contributed by atoms with Gasteiger partial charge in [0.2, 0.25) is 0 Å². The quantitative estimate of drug-likeness (QED) is 0.380. The van der Waals surface area contributed by atoms with E-state index >= 15 is 0 Å². The van der Waals surface area contributed by atoms with E-state index in [0.29, 0.717) is 24.4 Å². The Labute approximate surface area is 181 Å². The molecule has 0 fully saturated rings. The summed E-state index contributed by atoms with van der Waals surface area (Å²) in [4.78, 5) is 27.7. The van der Waals surface area contributed by atoms with Gasteiger partial charge < -0.3 is 10.1 Å². The van der Waals surface area contributed by atoms with Crippen LogP contribution in [-0.2, 0) is 4.74 Å². The number of hydrogen-bond acceptors (Lipinski definition) is 4. The summed E-state index contributed by atoms with van der Waals surface area (Å²) in [5.74, 6) is 5.80. The Morgan fingerprint density at radius 1 is 0.968 bits per heavy atom. The summed E-state index contributed by atoms with van der Waals surface area (Å²) in [6, 6.07) is 21.6. The summed E-state index contributed by atoms with van der Waals surface area (Å²) < 4.78 is 5.50. The van der Waals surface area contributed by atoms with E-state index in [-0.39, 0.29) is 18.3 Å². The number of pyridine rings is 1. The van der Waals surface area contributed by atoms with E-state index in [1.165, 1.54) is 29.2 Å². The van der Waals surface area contributed by atoms with Gasteiger partial charge in [0.1, 0.15) is 18.0 Å². The molecule has 3 aromatic rings. The fraction of sp³-hybridized carbons (Fsp3) is 0.192. The molecule has 0 spiro atoms. The van der Waals surface area contributed by atoms with Gasteiger partial charge >= 0.3 is 6.09 Å². The van der Waals surface area contributed by atoms with E-state index in [1.807, 2.05) is 24.3 Å². The second-order valence-electron chi connectivity index (χ2n) is 7.27. The summed E-state index contributed by atoms with van der Waals surface area (Å²) in [7, 11) is 0. The van der Waals surface area contributed by atoms with Crippen LogP contribution in [0.15, 0.2) is 66.7 Å². The Bertz CT molecular complexity index is 1140. The normalized spacial score (nSPS) is 11.6. The zero-order chi connectivity index (χ0) is 21.6. The molecule has 1 aliphatic carbocycles. The number of amides is 1. The number of carbonyl (C=O) groups excluding carboxylic acids is 2. The van der Waals surface area contributed by atoms with Crippen LogP contribution in [0.25, 0.3) is 11.1 Å². The topological polar surface area (TPSA) is 68.3 Å². The summed E-state index contributed by atoms with van der Waals surface area (Å²) in [5.41, 5.74) is 5.69. The van der Waals surface area contributed by atoms with E-state index in [2.05, 4.69) is 46.4 Å². The molecule has 0 atom stereocenters. The van der Waals surface area contributed by atoms with Gasteiger partial charge in [-0.25, -0.2) is 9.78 Å². The van der Waals surface area contributed by atoms with Crippen LogP contribution in [0.5, 0.6) is 0 Å². The van der Waals surface area contributed by atoms with Gasteiger partial charge in [0.15, 0.2) is 5.78 Å². The molecule has 1 heterocycles. The number of carbonyl (C=O) groups is 2. The molecule has 1 N–H and O–H groups in total. The number of Topliss-reactive ketones (excluding diaryl/α,β-unsaturated/α-hetero) is 1. The van der Waals surface area contributed by atoms with Crippen molar-refractivity contribution in [2.45, 2.75) is 19.3 Å². The lowest BCUT2D eigenvalue weighted by Crippen LogP contribution is -2.26. The minimum Gasteiger partial charge on any atom is -0.449 e. The number of ketones is 1. The maximum Gasteiger partial charge on any atom is 0.407 e. The lowest BCUT2D eigenvalue weighted by molar-refractivity contribution is 0.101. The van der Waals surface area contributed by atoms with Gasteiger partial charge in [-0.3, -0.25) is 4.79 Å². The summed E-state index contributed by atoms with van der Waals surface area (Å²) in [6.45, 7) is 2.13. The molecular weight excluding hydrogens is 388 g/mol. The molecule has 154 valence electrons. The average molecular weight is 410 g/mol. The Morgan fingerprint density at radius 2 is 1.65 bits per heavy atom. The molecule has 5 heteroatoms. The minimum absolute atomic E-state index is 0.0394. The molecule has 1 amide bonds. The molecule has 0 bridgehead atoms. The van der Waals surface area contributed by atoms with Crippen molar-refractivity contribution in [2.24, 2.45) is 0 Å². The Balaban J connectivity index is 1.28. The zero-order valence-corrected chi connectivity index (χ0v) is 17.2. The van der Waals surface area contributed by atoms with Gasteiger partial charge in [-0.05, 0) is 40.3 Å². The summed E-state index contributed by atoms with van der Waals surface area (Å²) in [5, 5.41) is 2.73. The smallest absolute Gasteiger partial charge is 0.407 e. The first-order chi connectivity index (χ1) is 15.1. The monoisotopic (exact) mass is 410 g/mol. The molecule has 5 nitrogen and oxygen atoms in total. The SMILES string of the molecule is CC(=O)c1cccc(C#CCCNC(=O)OCC2c3ccccc3-c3ccccc32)n1. The van der Waals surface area contributed by atoms with Gasteiger partial charge in [0.25, 0.3) is 0 Å². The van der Waals surface area contributed by atoms with E-state index in [9.17, 15) is 9.59 Å². The predicted octanol–water partition coefficient (Wildman–Crippen LogP) is 4.56. The van der Waals surface area contributed by atoms with E-state index < -0.39 is 6.09 Å². The van der Waals surface area contributed by atoms with Crippen LogP contribution >= 0.6 is 0 Å². The first-order valence-corrected chi connectivity index (χ1v) is 10.2. The van der Waals surface area contributed by atoms with Crippen molar-refractivity contribution in [1.29, 1.82) is 0 Å². The first-order valence-electron chi connectivity index (χ1n) is 10.2. The molecule has 0 radical (unpaired) electrons. The lowest BCUT2D eigenvalue weighted by atomic mass is 9.98. The highest BCUT2D eigenvalue weighted by Gasteiger charge is 2.28. The molecule has 0 unspecified atom stereocenters. The minimum atomic E-state index is -0.458. The Morgan fingerprint density at radius 3 is 2.32 bits per heavy atom. The number of rotatable bonds is 5. The van der Waals surface area contributed by atoms with Gasteiger partial charge in [-0.2, -0.15) is 0 Å². The second kappa shape index (κ2) is 9.27. The van der Waals surface area contributed by atoms with Crippen LogP contribution in [0.3, 0.4) is 0 Å². The number of ether oxygens (including phenoxy) is 1. The van der Waals surface area contributed by atoms with Crippen molar-refractivity contribution in [3.05, 3.63) is 89.2 Å². The molecule has 2 aromatic carbocycles. The average Bonchev–Trinajstić information content (AvgIpc) is 3.11. The molecular formula is C26H22N2O3. The Kier molecular flexibility index (Phi) is 6.09. The molecule has 4 rings (SSSR count). The largest absolute Gasteiger partial charge is 0.449 e. The fourth-order valence-corrected chi connectivity index (χ4v) is 3.73. The number of benzene rings is 2. The van der Waals surface area contributed by atoms with Gasteiger partial charge in [0, 0.05) is 25.8 Å². The number of nitrogens with zero attached hydrogens (tertiary/aromatic N) is 1. The van der Waals surface area contributed by atoms with Crippen LogP contribution in [0.2, 0.25) is 0 Å². The highest BCUT2D eigenvalue weighted by atomic mass is 16.5. The molecule has 1 aliphatic rings. The number of nitrogens with one attached hydrogen (secondary N) is 1. The van der Waals surface area contributed by atoms with Crippen molar-refractivity contribution in [3.8, 4) is 23.0 Å². The zero-order valence-electron chi connectivity index (χ0n) is 17.2. The van der Waals surface area contributed by atoms with Crippen LogP contribution in [0.4, 0.5) is 4.79 Å². The third kappa shape index (κ3) is 4.65. The highest BCUT2D eigenvalue weighted by molar-refractivity contribution is 5.92. The molecule has 0 saturated carbocycles. The van der Waals surface area contributed by atoms with Crippen molar-refractivity contribution in [1.82, 2.24) is 10.3 Å². The second-order valence-corrected chi connectivity index (χ2v) is 7.27. The fourth-order valence-electron chi connectivity index (χ4n) is 3.73. The predicted molar refractivity (Wildman–Crippen MR) is 119 cm³/mol. The van der Waals surface area contributed by atoms with Crippen molar-refractivity contribution in [2.75, 3.05) is 13.2 Å². The number of alkyl carbamates (subject to hydrolysis) is 1. The van der Waals surface area contributed by atoms with Crippen LogP contribution in [0, 0.1) is 11.8 Å². The number of fused-ring (bicyclic) bond motifs is 3. The molecule has 0 saturated heterocycles. The van der Waals surface area contributed by atoms with Crippen LogP contribution < -0.4 is 5.32 Å². The highest BCUT2D eigenvalue weighted by Crippen LogP contribution is 2.44. The van der Waals surface area contributed by atoms with E-state index in [1.54, 1.807) is 18.2 Å². The van der Waals surface area contributed by atoms with Crippen LogP contribution in [-0.4, -0.2) is 30.0 Å². The molecule has 0 aliphatic heterocycles. The lowest BCUT2D eigenvalue weighted by Gasteiger charge is -2.14. The first kappa shape index (κ1) is 20.4. The van der Waals surface area contributed by atoms with Crippen molar-refractivity contribution < 1.29 is 14.3 Å². The van der Waals surface area contributed by atoms with Gasteiger partial charge in [0.05, 0.1) is 0 Å². The van der Waals surface area contributed by atoms with Crippen molar-refractivity contribution in [3.63, 3.8) is 0 Å². The third-order valence-corrected chi connectivity index (χ3v) is 5.19. The van der Waals surface area contributed by atoms with E-state index in [0.717, 1.165) is 0 Å². The third-order valence-electron chi connectivity index (χ3n) is 5.19. The standard InChI is InChI=1S/C26H22N2O3/c1-18(29)25-15-8-10-19(28-25)9-6-7-16-27-26(30)31-17-24-22-13-4-2-11-20(22)21-12-3-5-14-23(21)24/h2-5,8,10-15,24H,7,16-17H2,1H3,(H,27,30). The maximum atomic E-state index is 12.1. The number of hydrogen-bond donors (Lipinski definition) is 1. The van der Waals surface area contributed by atoms with E-state index in [4.69, 9.17) is 4.74 Å². The van der Waals surface area contributed by atoms with Crippen LogP contribution in [0.1, 0.15) is 46.6 Å². The number of aromatic nitrogens is 1. The molecule has 1 aromatic heterocycles. The maximum absolute atomic E-state index is 12.1. The Hall–Kier alpha value is -3.91.